The molecule has 0 atom stereocenters. The van der Waals surface area contributed by atoms with Gasteiger partial charge in [-0.05, 0) is 23.8 Å². The smallest absolute Gasteiger partial charge is 0.270 e. The molecule has 0 aliphatic heterocycles. The van der Waals surface area contributed by atoms with Crippen LogP contribution in [-0.2, 0) is 6.54 Å². The highest BCUT2D eigenvalue weighted by Crippen LogP contribution is 2.19. The summed E-state index contributed by atoms with van der Waals surface area (Å²) in [4.78, 5) is 22.7. The summed E-state index contributed by atoms with van der Waals surface area (Å²) >= 11 is 0. The molecular weight excluding hydrogens is 308 g/mol. The molecule has 0 aliphatic rings. The van der Waals surface area contributed by atoms with E-state index in [2.05, 4.69) is 10.4 Å². The Morgan fingerprint density at radius 1 is 1.17 bits per heavy atom. The number of para-hydroxylation sites is 1. The Hall–Kier alpha value is -3.48. The minimum absolute atomic E-state index is 0.118. The standard InChI is InChI=1S/C17H14N4O3/c22-17(13-6-3-7-15(11-13)21(23)24)19-16-8-2-1-5-14(16)12-20-10-4-9-18-20/h1-11H,12H2,(H,19,22). The first-order chi connectivity index (χ1) is 11.6. The lowest BCUT2D eigenvalue weighted by atomic mass is 10.1. The number of anilines is 1. The van der Waals surface area contributed by atoms with E-state index in [1.165, 1.54) is 18.2 Å². The zero-order valence-electron chi connectivity index (χ0n) is 12.6. The number of carbonyl (C=O) groups is 1. The zero-order valence-corrected chi connectivity index (χ0v) is 12.6. The summed E-state index contributed by atoms with van der Waals surface area (Å²) in [6.07, 6.45) is 3.52. The lowest BCUT2D eigenvalue weighted by Gasteiger charge is -2.11. The van der Waals surface area contributed by atoms with E-state index in [0.29, 0.717) is 12.2 Å². The highest BCUT2D eigenvalue weighted by atomic mass is 16.6. The van der Waals surface area contributed by atoms with Gasteiger partial charge in [-0.2, -0.15) is 5.10 Å². The third-order valence-corrected chi connectivity index (χ3v) is 3.48. The molecule has 24 heavy (non-hydrogen) atoms. The molecule has 1 N–H and O–H groups in total. The summed E-state index contributed by atoms with van der Waals surface area (Å²) in [5, 5.41) is 17.8. The Balaban J connectivity index is 1.82. The van der Waals surface area contributed by atoms with Crippen molar-refractivity contribution in [3.8, 4) is 0 Å². The lowest BCUT2D eigenvalue weighted by Crippen LogP contribution is -2.14. The van der Waals surface area contributed by atoms with Crippen LogP contribution in [0.4, 0.5) is 11.4 Å². The van der Waals surface area contributed by atoms with Crippen molar-refractivity contribution in [3.63, 3.8) is 0 Å². The molecule has 0 fully saturated rings. The van der Waals surface area contributed by atoms with E-state index in [1.54, 1.807) is 23.0 Å². The molecule has 0 bridgehead atoms. The fourth-order valence-electron chi connectivity index (χ4n) is 2.30. The molecule has 0 aliphatic carbocycles. The number of benzene rings is 2. The van der Waals surface area contributed by atoms with Crippen LogP contribution in [0, 0.1) is 10.1 Å². The monoisotopic (exact) mass is 322 g/mol. The average Bonchev–Trinajstić information content (AvgIpc) is 3.10. The number of nitro groups is 1. The molecule has 2 aromatic carbocycles. The van der Waals surface area contributed by atoms with Crippen LogP contribution in [0.15, 0.2) is 67.0 Å². The predicted molar refractivity (Wildman–Crippen MR) is 88.8 cm³/mol. The Morgan fingerprint density at radius 3 is 2.75 bits per heavy atom. The van der Waals surface area contributed by atoms with Gasteiger partial charge in [-0.15, -0.1) is 0 Å². The van der Waals surface area contributed by atoms with Gasteiger partial charge in [-0.25, -0.2) is 0 Å². The van der Waals surface area contributed by atoms with Crippen molar-refractivity contribution in [1.29, 1.82) is 0 Å². The van der Waals surface area contributed by atoms with Gasteiger partial charge in [0.25, 0.3) is 11.6 Å². The van der Waals surface area contributed by atoms with Gasteiger partial charge in [-0.1, -0.05) is 24.3 Å². The highest BCUT2D eigenvalue weighted by Gasteiger charge is 2.13. The maximum absolute atomic E-state index is 12.4. The molecule has 0 radical (unpaired) electrons. The number of amides is 1. The van der Waals surface area contributed by atoms with Gasteiger partial charge in [-0.3, -0.25) is 19.6 Å². The third-order valence-electron chi connectivity index (χ3n) is 3.48. The number of nitrogens with one attached hydrogen (secondary N) is 1. The fourth-order valence-corrected chi connectivity index (χ4v) is 2.30. The molecule has 3 aromatic rings. The second-order valence-electron chi connectivity index (χ2n) is 5.12. The normalized spacial score (nSPS) is 10.3. The summed E-state index contributed by atoms with van der Waals surface area (Å²) in [6, 6.07) is 14.8. The summed E-state index contributed by atoms with van der Waals surface area (Å²) in [5.41, 5.74) is 1.65. The van der Waals surface area contributed by atoms with Crippen LogP contribution in [0.5, 0.6) is 0 Å². The predicted octanol–water partition coefficient (Wildman–Crippen LogP) is 3.09. The van der Waals surface area contributed by atoms with Gasteiger partial charge in [0.15, 0.2) is 0 Å². The number of aromatic nitrogens is 2. The molecule has 0 unspecified atom stereocenters. The number of non-ortho nitro benzene ring substituents is 1. The molecule has 0 spiro atoms. The Kier molecular flexibility index (Phi) is 4.33. The van der Waals surface area contributed by atoms with Crippen molar-refractivity contribution in [2.75, 3.05) is 5.32 Å². The molecule has 1 aromatic heterocycles. The number of nitro benzene ring substituents is 1. The molecule has 0 saturated heterocycles. The third kappa shape index (κ3) is 3.46. The van der Waals surface area contributed by atoms with Crippen LogP contribution in [-0.4, -0.2) is 20.6 Å². The maximum Gasteiger partial charge on any atom is 0.270 e. The molecule has 0 saturated carbocycles. The van der Waals surface area contributed by atoms with Crippen LogP contribution in [0.25, 0.3) is 0 Å². The second kappa shape index (κ2) is 6.74. The number of hydrogen-bond acceptors (Lipinski definition) is 4. The molecular formula is C17H14N4O3. The fraction of sp³-hybridized carbons (Fsp3) is 0.0588. The average molecular weight is 322 g/mol. The minimum Gasteiger partial charge on any atom is -0.322 e. The number of rotatable bonds is 5. The van der Waals surface area contributed by atoms with E-state index in [4.69, 9.17) is 0 Å². The topological polar surface area (TPSA) is 90.1 Å². The van der Waals surface area contributed by atoms with E-state index in [-0.39, 0.29) is 11.3 Å². The molecule has 120 valence electrons. The summed E-state index contributed by atoms with van der Waals surface area (Å²) in [6.45, 7) is 0.512. The zero-order chi connectivity index (χ0) is 16.9. The van der Waals surface area contributed by atoms with Crippen molar-refractivity contribution in [3.05, 3.63) is 88.2 Å². The summed E-state index contributed by atoms with van der Waals surface area (Å²) < 4.78 is 1.75. The number of hydrogen-bond donors (Lipinski definition) is 1. The van der Waals surface area contributed by atoms with Crippen molar-refractivity contribution in [2.24, 2.45) is 0 Å². The maximum atomic E-state index is 12.4. The van der Waals surface area contributed by atoms with Crippen LogP contribution in [0.2, 0.25) is 0 Å². The molecule has 3 rings (SSSR count). The van der Waals surface area contributed by atoms with Crippen molar-refractivity contribution < 1.29 is 9.72 Å². The lowest BCUT2D eigenvalue weighted by molar-refractivity contribution is -0.384. The molecule has 1 amide bonds. The van der Waals surface area contributed by atoms with Crippen molar-refractivity contribution in [2.45, 2.75) is 6.54 Å². The van der Waals surface area contributed by atoms with Crippen LogP contribution in [0.3, 0.4) is 0 Å². The molecule has 1 heterocycles. The first-order valence-corrected chi connectivity index (χ1v) is 7.24. The molecule has 7 heteroatoms. The first kappa shape index (κ1) is 15.4. The number of carbonyl (C=O) groups excluding carboxylic acids is 1. The van der Waals surface area contributed by atoms with E-state index in [1.807, 2.05) is 30.5 Å². The van der Waals surface area contributed by atoms with E-state index in [9.17, 15) is 14.9 Å². The Bertz CT molecular complexity index is 875. The quantitative estimate of drug-likeness (QED) is 0.577. The van der Waals surface area contributed by atoms with Gasteiger partial charge in [0.1, 0.15) is 0 Å². The van der Waals surface area contributed by atoms with Gasteiger partial charge in [0, 0.05) is 35.8 Å². The van der Waals surface area contributed by atoms with Gasteiger partial charge in [0.2, 0.25) is 0 Å². The van der Waals surface area contributed by atoms with Gasteiger partial charge < -0.3 is 5.32 Å². The largest absolute Gasteiger partial charge is 0.322 e. The first-order valence-electron chi connectivity index (χ1n) is 7.24. The SMILES string of the molecule is O=C(Nc1ccccc1Cn1cccn1)c1cccc([N+](=O)[O-])c1. The second-order valence-corrected chi connectivity index (χ2v) is 5.12. The number of nitrogens with zero attached hydrogens (tertiary/aromatic N) is 3. The summed E-state index contributed by atoms with van der Waals surface area (Å²) in [5.74, 6) is -0.397. The van der Waals surface area contributed by atoms with E-state index >= 15 is 0 Å². The van der Waals surface area contributed by atoms with Crippen LogP contribution in [0.1, 0.15) is 15.9 Å². The van der Waals surface area contributed by atoms with Gasteiger partial charge in [0.05, 0.1) is 11.5 Å². The minimum atomic E-state index is -0.525. The Labute approximate surface area is 137 Å². The van der Waals surface area contributed by atoms with E-state index < -0.39 is 10.8 Å². The summed E-state index contributed by atoms with van der Waals surface area (Å²) in [7, 11) is 0. The van der Waals surface area contributed by atoms with Crippen LogP contribution < -0.4 is 5.32 Å². The van der Waals surface area contributed by atoms with Crippen LogP contribution >= 0.6 is 0 Å². The molecule has 7 nitrogen and oxygen atoms in total. The van der Waals surface area contributed by atoms with E-state index in [0.717, 1.165) is 5.56 Å². The Morgan fingerprint density at radius 2 is 2.00 bits per heavy atom. The highest BCUT2D eigenvalue weighted by molar-refractivity contribution is 6.05. The van der Waals surface area contributed by atoms with Crippen molar-refractivity contribution in [1.82, 2.24) is 9.78 Å². The van der Waals surface area contributed by atoms with Crippen molar-refractivity contribution >= 4 is 17.3 Å². The van der Waals surface area contributed by atoms with Gasteiger partial charge >= 0.3 is 0 Å².